The van der Waals surface area contributed by atoms with E-state index in [1.165, 1.54) is 25.8 Å². The van der Waals surface area contributed by atoms with E-state index in [1.54, 1.807) is 6.20 Å². The van der Waals surface area contributed by atoms with Crippen LogP contribution in [0.1, 0.15) is 56.8 Å². The summed E-state index contributed by atoms with van der Waals surface area (Å²) in [5.74, 6) is -0.296. The highest BCUT2D eigenvalue weighted by atomic mass is 16.5. The Morgan fingerprint density at radius 1 is 1.48 bits per heavy atom. The maximum Gasteiger partial charge on any atom is 0.339 e. The van der Waals surface area contributed by atoms with Gasteiger partial charge in [0.1, 0.15) is 0 Å². The molecule has 2 unspecified atom stereocenters. The third kappa shape index (κ3) is 3.05. The molecule has 3 rings (SSSR count). The molecule has 0 spiro atoms. The van der Waals surface area contributed by atoms with E-state index < -0.39 is 0 Å². The topological polar surface area (TPSA) is 42.4 Å². The van der Waals surface area contributed by atoms with Crippen molar-refractivity contribution in [3.05, 3.63) is 28.4 Å². The zero-order valence-corrected chi connectivity index (χ0v) is 14.3. The number of aromatic nitrogens is 1. The van der Waals surface area contributed by atoms with Gasteiger partial charge in [0.15, 0.2) is 0 Å². The van der Waals surface area contributed by atoms with Crippen LogP contribution >= 0.6 is 0 Å². The molecule has 1 aliphatic carbocycles. The van der Waals surface area contributed by atoms with E-state index >= 15 is 0 Å². The van der Waals surface area contributed by atoms with Gasteiger partial charge in [-0.15, -0.1) is 0 Å². The van der Waals surface area contributed by atoms with Gasteiger partial charge in [0.25, 0.3) is 0 Å². The van der Waals surface area contributed by atoms with Crippen molar-refractivity contribution in [2.45, 2.75) is 58.0 Å². The summed E-state index contributed by atoms with van der Waals surface area (Å²) in [6, 6.07) is 2.60. The summed E-state index contributed by atoms with van der Waals surface area (Å²) in [5, 5.41) is 2.02. The van der Waals surface area contributed by atoms with E-state index in [1.807, 2.05) is 13.0 Å². The molecule has 1 aromatic heterocycles. The molecule has 1 fully saturated rings. The van der Waals surface area contributed by atoms with Crippen molar-refractivity contribution < 1.29 is 9.53 Å². The summed E-state index contributed by atoms with van der Waals surface area (Å²) in [7, 11) is 0. The first-order valence-corrected chi connectivity index (χ1v) is 8.70. The van der Waals surface area contributed by atoms with Crippen molar-refractivity contribution in [1.29, 1.82) is 0 Å². The smallest absolute Gasteiger partial charge is 0.339 e. The van der Waals surface area contributed by atoms with Gasteiger partial charge >= 0.3 is 5.97 Å². The van der Waals surface area contributed by atoms with Gasteiger partial charge in [0.2, 0.25) is 0 Å². The lowest BCUT2D eigenvalue weighted by molar-refractivity contribution is 0.0138. The van der Waals surface area contributed by atoms with Crippen LogP contribution in [-0.2, 0) is 4.74 Å². The number of hydrogen-bond donors (Lipinski definition) is 0. The highest BCUT2D eigenvalue weighted by molar-refractivity contribution is 5.89. The van der Waals surface area contributed by atoms with E-state index in [0.29, 0.717) is 18.2 Å². The third-order valence-corrected chi connectivity index (χ3v) is 5.07. The number of hydrogen-bond acceptors (Lipinski definition) is 4. The molecule has 0 saturated carbocycles. The molecular formula is C19H26N2O2. The largest absolute Gasteiger partial charge is 0.462 e. The Labute approximate surface area is 137 Å². The summed E-state index contributed by atoms with van der Waals surface area (Å²) in [6.07, 6.45) is 10.9. The first-order chi connectivity index (χ1) is 11.1. The third-order valence-electron chi connectivity index (χ3n) is 5.07. The lowest BCUT2D eigenvalue weighted by atomic mass is 9.83. The Hall–Kier alpha value is -1.68. The highest BCUT2D eigenvalue weighted by Gasteiger charge is 2.40. The molecule has 23 heavy (non-hydrogen) atoms. The number of nitrogens with zero attached hydrogens (tertiary/aromatic N) is 2. The van der Waals surface area contributed by atoms with E-state index in [0.717, 1.165) is 17.0 Å². The standard InChI is InChI=1S/C19H26N2O2/c1-4-6-16-8-10-21(16)19(3)9-7-14-11-15(18(22)23-5-2)13-20-17(14)12-19/h7,11-13,16H,4-6,8-10H2,1-3H3. The summed E-state index contributed by atoms with van der Waals surface area (Å²) < 4.78 is 5.05. The monoisotopic (exact) mass is 314 g/mol. The number of rotatable bonds is 5. The second kappa shape index (κ2) is 6.44. The van der Waals surface area contributed by atoms with E-state index in [-0.39, 0.29) is 11.5 Å². The summed E-state index contributed by atoms with van der Waals surface area (Å²) in [6.45, 7) is 7.92. The second-order valence-corrected chi connectivity index (χ2v) is 6.75. The van der Waals surface area contributed by atoms with Crippen molar-refractivity contribution in [1.82, 2.24) is 9.88 Å². The molecule has 4 nitrogen and oxygen atoms in total. The van der Waals surface area contributed by atoms with Crippen molar-refractivity contribution >= 4 is 18.1 Å². The SMILES string of the molecule is CCCC1CCN1C1(C)C=c2ncc(C(=O)OCC)cc2=CC1. The molecule has 1 saturated heterocycles. The fourth-order valence-corrected chi connectivity index (χ4v) is 3.72. The van der Waals surface area contributed by atoms with Crippen molar-refractivity contribution in [3.63, 3.8) is 0 Å². The predicted octanol–water partition coefficient (Wildman–Crippen LogP) is 1.86. The molecule has 2 atom stereocenters. The lowest BCUT2D eigenvalue weighted by Crippen LogP contribution is -2.60. The van der Waals surface area contributed by atoms with Crippen LogP contribution in [0.4, 0.5) is 0 Å². The minimum absolute atomic E-state index is 0.0452. The quantitative estimate of drug-likeness (QED) is 0.778. The first-order valence-electron chi connectivity index (χ1n) is 8.70. The average Bonchev–Trinajstić information content (AvgIpc) is 2.51. The lowest BCUT2D eigenvalue weighted by Gasteiger charge is -2.51. The average molecular weight is 314 g/mol. The van der Waals surface area contributed by atoms with Crippen LogP contribution in [0.3, 0.4) is 0 Å². The Bertz CT molecular complexity index is 713. The molecule has 124 valence electrons. The van der Waals surface area contributed by atoms with Crippen molar-refractivity contribution in [2.24, 2.45) is 0 Å². The number of pyridine rings is 1. The van der Waals surface area contributed by atoms with Crippen LogP contribution in [0, 0.1) is 0 Å². The van der Waals surface area contributed by atoms with E-state index in [9.17, 15) is 4.79 Å². The highest BCUT2D eigenvalue weighted by Crippen LogP contribution is 2.34. The Balaban J connectivity index is 1.88. The molecule has 0 amide bonds. The summed E-state index contributed by atoms with van der Waals surface area (Å²) in [4.78, 5) is 19.0. The van der Waals surface area contributed by atoms with Gasteiger partial charge in [-0.2, -0.15) is 0 Å². The van der Waals surface area contributed by atoms with Gasteiger partial charge in [0.05, 0.1) is 17.5 Å². The van der Waals surface area contributed by atoms with Crippen molar-refractivity contribution in [2.75, 3.05) is 13.2 Å². The van der Waals surface area contributed by atoms with Crippen LogP contribution < -0.4 is 10.6 Å². The maximum absolute atomic E-state index is 11.8. The fraction of sp³-hybridized carbons (Fsp3) is 0.579. The van der Waals surface area contributed by atoms with Crippen LogP contribution in [0.5, 0.6) is 0 Å². The van der Waals surface area contributed by atoms with Crippen LogP contribution in [0.15, 0.2) is 12.3 Å². The summed E-state index contributed by atoms with van der Waals surface area (Å²) >= 11 is 0. The Morgan fingerprint density at radius 2 is 2.30 bits per heavy atom. The zero-order chi connectivity index (χ0) is 16.4. The van der Waals surface area contributed by atoms with Gasteiger partial charge in [-0.3, -0.25) is 9.88 Å². The normalized spacial score (nSPS) is 26.5. The minimum atomic E-state index is -0.296. The van der Waals surface area contributed by atoms with Crippen molar-refractivity contribution in [3.8, 4) is 0 Å². The van der Waals surface area contributed by atoms with E-state index in [2.05, 4.69) is 35.9 Å². The second-order valence-electron chi connectivity index (χ2n) is 6.75. The fourth-order valence-electron chi connectivity index (χ4n) is 3.72. The Kier molecular flexibility index (Phi) is 4.53. The van der Waals surface area contributed by atoms with Crippen LogP contribution in [0.25, 0.3) is 12.2 Å². The molecule has 1 aliphatic heterocycles. The maximum atomic E-state index is 11.8. The molecule has 4 heteroatoms. The van der Waals surface area contributed by atoms with Gasteiger partial charge in [-0.05, 0) is 50.5 Å². The number of ether oxygens (including phenoxy) is 1. The molecule has 2 heterocycles. The van der Waals surface area contributed by atoms with Gasteiger partial charge in [-0.25, -0.2) is 4.79 Å². The zero-order valence-electron chi connectivity index (χ0n) is 14.3. The van der Waals surface area contributed by atoms with Gasteiger partial charge in [-0.1, -0.05) is 19.4 Å². The predicted molar refractivity (Wildman–Crippen MR) is 91.4 cm³/mol. The van der Waals surface area contributed by atoms with Gasteiger partial charge in [0, 0.05) is 24.3 Å². The van der Waals surface area contributed by atoms with Gasteiger partial charge < -0.3 is 4.74 Å². The molecule has 0 bridgehead atoms. The molecule has 0 N–H and O–H groups in total. The molecule has 2 aliphatic rings. The van der Waals surface area contributed by atoms with Crippen LogP contribution in [0.2, 0.25) is 0 Å². The molecular weight excluding hydrogens is 288 g/mol. The first kappa shape index (κ1) is 16.2. The number of carbonyl (C=O) groups is 1. The number of esters is 1. The van der Waals surface area contributed by atoms with E-state index in [4.69, 9.17) is 4.74 Å². The molecule has 0 radical (unpaired) electrons. The van der Waals surface area contributed by atoms with Crippen LogP contribution in [-0.4, -0.2) is 40.6 Å². The minimum Gasteiger partial charge on any atom is -0.462 e. The number of carbonyl (C=O) groups excluding carboxylic acids is 1. The number of fused-ring (bicyclic) bond motifs is 1. The Morgan fingerprint density at radius 3 is 2.96 bits per heavy atom. The number of likely N-dealkylation sites (tertiary alicyclic amines) is 1. The molecule has 0 aromatic carbocycles. The molecule has 1 aromatic rings. The summed E-state index contributed by atoms with van der Waals surface area (Å²) in [5.41, 5.74) is 0.579.